The number of thiazole rings is 1. The summed E-state index contributed by atoms with van der Waals surface area (Å²) < 4.78 is 14.2. The Hall–Kier alpha value is -2.27. The first-order chi connectivity index (χ1) is 11.7. The lowest BCUT2D eigenvalue weighted by Gasteiger charge is -2.23. The molecule has 1 aliphatic rings. The van der Waals surface area contributed by atoms with E-state index in [4.69, 9.17) is 4.98 Å². The van der Waals surface area contributed by atoms with Gasteiger partial charge in [0.1, 0.15) is 10.8 Å². The van der Waals surface area contributed by atoms with Crippen LogP contribution in [0.4, 0.5) is 4.39 Å². The number of amides is 1. The van der Waals surface area contributed by atoms with Crippen LogP contribution in [0.25, 0.3) is 10.2 Å². The molecule has 1 fully saturated rings. The molecule has 0 N–H and O–H groups in total. The van der Waals surface area contributed by atoms with Crippen LogP contribution in [0.3, 0.4) is 0 Å². The van der Waals surface area contributed by atoms with E-state index in [2.05, 4.69) is 6.07 Å². The van der Waals surface area contributed by atoms with E-state index in [1.54, 1.807) is 23.5 Å². The number of carbonyl (C=O) groups excluding carboxylic acids is 1. The zero-order valence-electron chi connectivity index (χ0n) is 13.1. The van der Waals surface area contributed by atoms with Crippen molar-refractivity contribution in [3.8, 4) is 0 Å². The fraction of sp³-hybridized carbons (Fsp3) is 0.263. The van der Waals surface area contributed by atoms with Crippen molar-refractivity contribution in [3.05, 3.63) is 64.9 Å². The fourth-order valence-corrected chi connectivity index (χ4v) is 4.35. The Morgan fingerprint density at radius 1 is 1.21 bits per heavy atom. The van der Waals surface area contributed by atoms with Crippen molar-refractivity contribution in [3.63, 3.8) is 0 Å². The molecule has 2 heterocycles. The SMILES string of the molecule is O=C(Cc1ccc(F)cc1)N1CCCC1c1nc2ccccc2s1. The Kier molecular flexibility index (Phi) is 4.02. The lowest BCUT2D eigenvalue weighted by Crippen LogP contribution is -2.31. The predicted molar refractivity (Wildman–Crippen MR) is 93.4 cm³/mol. The van der Waals surface area contributed by atoms with Crippen LogP contribution < -0.4 is 0 Å². The molecule has 0 spiro atoms. The molecule has 3 aromatic rings. The number of likely N-dealkylation sites (tertiary alicyclic amines) is 1. The van der Waals surface area contributed by atoms with E-state index in [9.17, 15) is 9.18 Å². The second-order valence-electron chi connectivity index (χ2n) is 6.07. The van der Waals surface area contributed by atoms with E-state index in [1.807, 2.05) is 23.1 Å². The molecule has 1 amide bonds. The molecule has 3 nitrogen and oxygen atoms in total. The van der Waals surface area contributed by atoms with Gasteiger partial charge in [0.25, 0.3) is 0 Å². The van der Waals surface area contributed by atoms with E-state index in [0.717, 1.165) is 40.2 Å². The van der Waals surface area contributed by atoms with Gasteiger partial charge in [-0.2, -0.15) is 0 Å². The Labute approximate surface area is 143 Å². The minimum Gasteiger partial charge on any atom is -0.333 e. The van der Waals surface area contributed by atoms with Crippen molar-refractivity contribution in [2.24, 2.45) is 0 Å². The van der Waals surface area contributed by atoms with Gasteiger partial charge in [0.2, 0.25) is 5.91 Å². The van der Waals surface area contributed by atoms with Crippen molar-refractivity contribution >= 4 is 27.5 Å². The maximum Gasteiger partial charge on any atom is 0.227 e. The molecule has 1 unspecified atom stereocenters. The van der Waals surface area contributed by atoms with Crippen molar-refractivity contribution < 1.29 is 9.18 Å². The van der Waals surface area contributed by atoms with Crippen LogP contribution in [0.5, 0.6) is 0 Å². The largest absolute Gasteiger partial charge is 0.333 e. The molecule has 2 aromatic carbocycles. The smallest absolute Gasteiger partial charge is 0.227 e. The summed E-state index contributed by atoms with van der Waals surface area (Å²) in [7, 11) is 0. The second-order valence-corrected chi connectivity index (χ2v) is 7.13. The minimum atomic E-state index is -0.278. The van der Waals surface area contributed by atoms with Crippen LogP contribution >= 0.6 is 11.3 Å². The van der Waals surface area contributed by atoms with Crippen LogP contribution in [0.1, 0.15) is 29.5 Å². The number of carbonyl (C=O) groups is 1. The number of hydrogen-bond donors (Lipinski definition) is 0. The standard InChI is InChI=1S/C19H17FN2OS/c20-14-9-7-13(8-10-14)12-18(23)22-11-3-5-16(22)19-21-15-4-1-2-6-17(15)24-19/h1-2,4,6-10,16H,3,5,11-12H2. The van der Waals surface area contributed by atoms with E-state index in [1.165, 1.54) is 12.1 Å². The normalized spacial score (nSPS) is 17.5. The second kappa shape index (κ2) is 6.32. The number of hydrogen-bond acceptors (Lipinski definition) is 3. The maximum absolute atomic E-state index is 13.0. The summed E-state index contributed by atoms with van der Waals surface area (Å²) in [6.07, 6.45) is 2.26. The summed E-state index contributed by atoms with van der Waals surface area (Å²) in [5.74, 6) is -0.192. The van der Waals surface area contributed by atoms with Gasteiger partial charge in [0, 0.05) is 6.54 Å². The van der Waals surface area contributed by atoms with Crippen molar-refractivity contribution in [2.75, 3.05) is 6.54 Å². The summed E-state index contributed by atoms with van der Waals surface area (Å²) in [6.45, 7) is 0.765. The van der Waals surface area contributed by atoms with Crippen molar-refractivity contribution in [1.29, 1.82) is 0 Å². The molecule has 0 aliphatic carbocycles. The van der Waals surface area contributed by atoms with Gasteiger partial charge < -0.3 is 4.90 Å². The summed E-state index contributed by atoms with van der Waals surface area (Å²) in [5.41, 5.74) is 1.84. The monoisotopic (exact) mass is 340 g/mol. The Bertz CT molecular complexity index is 841. The van der Waals surface area contributed by atoms with Crippen LogP contribution in [-0.2, 0) is 11.2 Å². The number of rotatable bonds is 3. The van der Waals surface area contributed by atoms with Gasteiger partial charge in [-0.05, 0) is 42.7 Å². The molecule has 0 radical (unpaired) electrons. The highest BCUT2D eigenvalue weighted by Gasteiger charge is 2.32. The first kappa shape index (κ1) is 15.3. The summed E-state index contributed by atoms with van der Waals surface area (Å²) in [5, 5.41) is 1.01. The van der Waals surface area contributed by atoms with Crippen LogP contribution in [-0.4, -0.2) is 22.3 Å². The molecular weight excluding hydrogens is 323 g/mol. The number of fused-ring (bicyclic) bond motifs is 1. The third kappa shape index (κ3) is 2.91. The van der Waals surface area contributed by atoms with Gasteiger partial charge in [-0.25, -0.2) is 9.37 Å². The van der Waals surface area contributed by atoms with Crippen molar-refractivity contribution in [2.45, 2.75) is 25.3 Å². The molecular formula is C19H17FN2OS. The Balaban J connectivity index is 1.55. The summed E-state index contributed by atoms with van der Waals surface area (Å²) in [6, 6.07) is 14.3. The number of para-hydroxylation sites is 1. The lowest BCUT2D eigenvalue weighted by atomic mass is 10.1. The molecule has 1 saturated heterocycles. The van der Waals surface area contributed by atoms with Gasteiger partial charge in [0.05, 0.1) is 22.7 Å². The number of aromatic nitrogens is 1. The van der Waals surface area contributed by atoms with Gasteiger partial charge in [-0.15, -0.1) is 11.3 Å². The highest BCUT2D eigenvalue weighted by Crippen LogP contribution is 2.36. The molecule has 1 aliphatic heterocycles. The van der Waals surface area contributed by atoms with Crippen molar-refractivity contribution in [1.82, 2.24) is 9.88 Å². The molecule has 0 bridgehead atoms. The molecule has 24 heavy (non-hydrogen) atoms. The number of halogens is 1. The summed E-state index contributed by atoms with van der Waals surface area (Å²) in [4.78, 5) is 19.4. The highest BCUT2D eigenvalue weighted by atomic mass is 32.1. The van der Waals surface area contributed by atoms with Crippen LogP contribution in [0.2, 0.25) is 0 Å². The number of benzene rings is 2. The third-order valence-electron chi connectivity index (χ3n) is 4.44. The average molecular weight is 340 g/mol. The van der Waals surface area contributed by atoms with E-state index < -0.39 is 0 Å². The topological polar surface area (TPSA) is 33.2 Å². The fourth-order valence-electron chi connectivity index (χ4n) is 3.23. The molecule has 0 saturated carbocycles. The zero-order valence-corrected chi connectivity index (χ0v) is 13.9. The van der Waals surface area contributed by atoms with Gasteiger partial charge in [-0.3, -0.25) is 4.79 Å². The Morgan fingerprint density at radius 2 is 2.00 bits per heavy atom. The molecule has 1 atom stereocenters. The maximum atomic E-state index is 13.0. The molecule has 4 rings (SSSR count). The first-order valence-corrected chi connectivity index (χ1v) is 8.92. The Morgan fingerprint density at radius 3 is 2.79 bits per heavy atom. The lowest BCUT2D eigenvalue weighted by molar-refractivity contribution is -0.131. The first-order valence-electron chi connectivity index (χ1n) is 8.10. The zero-order chi connectivity index (χ0) is 16.5. The van der Waals surface area contributed by atoms with E-state index >= 15 is 0 Å². The van der Waals surface area contributed by atoms with Crippen LogP contribution in [0, 0.1) is 5.82 Å². The quantitative estimate of drug-likeness (QED) is 0.710. The highest BCUT2D eigenvalue weighted by molar-refractivity contribution is 7.18. The minimum absolute atomic E-state index is 0.0651. The van der Waals surface area contributed by atoms with Gasteiger partial charge in [-0.1, -0.05) is 24.3 Å². The predicted octanol–water partition coefficient (Wildman–Crippen LogP) is 4.34. The summed E-state index contributed by atoms with van der Waals surface area (Å²) >= 11 is 1.67. The van der Waals surface area contributed by atoms with Gasteiger partial charge >= 0.3 is 0 Å². The molecule has 5 heteroatoms. The van der Waals surface area contributed by atoms with E-state index in [-0.39, 0.29) is 17.8 Å². The molecule has 122 valence electrons. The third-order valence-corrected chi connectivity index (χ3v) is 5.57. The van der Waals surface area contributed by atoms with E-state index in [0.29, 0.717) is 6.42 Å². The number of nitrogens with zero attached hydrogens (tertiary/aromatic N) is 2. The average Bonchev–Trinajstić information content (AvgIpc) is 3.23. The van der Waals surface area contributed by atoms with Crippen LogP contribution in [0.15, 0.2) is 48.5 Å². The van der Waals surface area contributed by atoms with Gasteiger partial charge in [0.15, 0.2) is 0 Å². The molecule has 1 aromatic heterocycles.